The predicted octanol–water partition coefficient (Wildman–Crippen LogP) is 4.20. The van der Waals surface area contributed by atoms with Gasteiger partial charge in [-0.2, -0.15) is 0 Å². The number of rotatable bonds is 6. The highest BCUT2D eigenvalue weighted by Gasteiger charge is 2.05. The van der Waals surface area contributed by atoms with E-state index < -0.39 is 0 Å². The van der Waals surface area contributed by atoms with Gasteiger partial charge in [0.15, 0.2) is 0 Å². The van der Waals surface area contributed by atoms with Gasteiger partial charge in [-0.15, -0.1) is 11.3 Å². The van der Waals surface area contributed by atoms with Crippen molar-refractivity contribution in [2.75, 3.05) is 11.9 Å². The van der Waals surface area contributed by atoms with Gasteiger partial charge in [0.2, 0.25) is 0 Å². The lowest BCUT2D eigenvalue weighted by atomic mass is 10.3. The lowest BCUT2D eigenvalue weighted by molar-refractivity contribution is 0.319. The molecule has 1 aromatic carbocycles. The van der Waals surface area contributed by atoms with E-state index in [9.17, 15) is 0 Å². The molecule has 0 fully saturated rings. The average molecular weight is 283 g/mol. The average Bonchev–Trinajstić information content (AvgIpc) is 2.88. The van der Waals surface area contributed by atoms with Gasteiger partial charge in [0.25, 0.3) is 0 Å². The van der Waals surface area contributed by atoms with Crippen LogP contribution in [0.1, 0.15) is 18.2 Å². The Balaban J connectivity index is 2.06. The molecule has 0 aliphatic rings. The van der Waals surface area contributed by atoms with Gasteiger partial charge in [0, 0.05) is 16.1 Å². The van der Waals surface area contributed by atoms with E-state index in [0.717, 1.165) is 24.4 Å². The van der Waals surface area contributed by atoms with Crippen LogP contribution in [0.2, 0.25) is 5.02 Å². The molecule has 0 unspecified atom stereocenters. The molecule has 0 aliphatic carbocycles. The third kappa shape index (κ3) is 3.62. The Hall–Kier alpha value is -1.26. The second kappa shape index (κ2) is 6.61. The Kier molecular flexibility index (Phi) is 4.84. The lowest BCUT2D eigenvalue weighted by Crippen LogP contribution is -2.02. The fraction of sp³-hybridized carbons (Fsp3) is 0.308. The van der Waals surface area contributed by atoms with Crippen LogP contribution >= 0.6 is 22.9 Å². The summed E-state index contributed by atoms with van der Waals surface area (Å²) < 4.78 is 5.68. The molecule has 1 N–H and O–H groups in total. The topological polar surface area (TPSA) is 34.1 Å². The predicted molar refractivity (Wildman–Crippen MR) is 76.7 cm³/mol. The molecule has 1 heterocycles. The fourth-order valence-electron chi connectivity index (χ4n) is 1.49. The van der Waals surface area contributed by atoms with Crippen LogP contribution in [0.15, 0.2) is 29.9 Å². The number of hydrogen-bond donors (Lipinski definition) is 1. The second-order valence-electron chi connectivity index (χ2n) is 3.81. The van der Waals surface area contributed by atoms with Crippen molar-refractivity contribution in [3.8, 4) is 5.75 Å². The van der Waals surface area contributed by atoms with Crippen molar-refractivity contribution < 1.29 is 4.74 Å². The Bertz CT molecular complexity index is 488. The Morgan fingerprint density at radius 2 is 2.33 bits per heavy atom. The number of thiazole rings is 1. The van der Waals surface area contributed by atoms with E-state index in [4.69, 9.17) is 16.3 Å². The molecule has 2 aromatic rings. The summed E-state index contributed by atoms with van der Waals surface area (Å²) >= 11 is 7.63. The Morgan fingerprint density at radius 1 is 1.44 bits per heavy atom. The molecule has 3 nitrogen and oxygen atoms in total. The molecule has 5 heteroatoms. The van der Waals surface area contributed by atoms with Gasteiger partial charge in [-0.3, -0.25) is 4.98 Å². The highest BCUT2D eigenvalue weighted by Crippen LogP contribution is 2.28. The number of hydrogen-bond acceptors (Lipinski definition) is 4. The number of halogens is 1. The zero-order valence-electron chi connectivity index (χ0n) is 10.1. The molecular weight excluding hydrogens is 268 g/mol. The molecule has 0 atom stereocenters. The number of anilines is 1. The standard InChI is InChI=1S/C13H15ClN2OS/c1-2-5-17-13-4-3-10(14)6-12(13)16-8-11-7-15-9-18-11/h3-4,6-7,9,16H,2,5,8H2,1H3. The molecule has 18 heavy (non-hydrogen) atoms. The van der Waals surface area contributed by atoms with Crippen molar-refractivity contribution in [3.05, 3.63) is 39.8 Å². The smallest absolute Gasteiger partial charge is 0.142 e. The van der Waals surface area contributed by atoms with Crippen LogP contribution in [0.4, 0.5) is 5.69 Å². The van der Waals surface area contributed by atoms with Crippen molar-refractivity contribution in [1.29, 1.82) is 0 Å². The van der Waals surface area contributed by atoms with Crippen LogP contribution < -0.4 is 10.1 Å². The minimum absolute atomic E-state index is 0.700. The summed E-state index contributed by atoms with van der Waals surface area (Å²) in [6, 6.07) is 5.62. The number of ether oxygens (including phenoxy) is 1. The maximum absolute atomic E-state index is 6.01. The molecular formula is C13H15ClN2OS. The summed E-state index contributed by atoms with van der Waals surface area (Å²) in [7, 11) is 0. The molecule has 0 amide bonds. The van der Waals surface area contributed by atoms with Crippen molar-refractivity contribution in [2.24, 2.45) is 0 Å². The van der Waals surface area contributed by atoms with E-state index in [0.29, 0.717) is 11.6 Å². The van der Waals surface area contributed by atoms with Crippen LogP contribution in [0.5, 0.6) is 5.75 Å². The van der Waals surface area contributed by atoms with Crippen LogP contribution in [-0.2, 0) is 6.54 Å². The first-order valence-electron chi connectivity index (χ1n) is 5.83. The van der Waals surface area contributed by atoms with Crippen molar-refractivity contribution in [3.63, 3.8) is 0 Å². The number of nitrogens with zero attached hydrogens (tertiary/aromatic N) is 1. The first-order valence-corrected chi connectivity index (χ1v) is 7.09. The summed E-state index contributed by atoms with van der Waals surface area (Å²) in [6.45, 7) is 3.52. The third-order valence-corrected chi connectivity index (χ3v) is 3.35. The molecule has 1 aromatic heterocycles. The third-order valence-electron chi connectivity index (χ3n) is 2.34. The minimum atomic E-state index is 0.700. The van der Waals surface area contributed by atoms with Gasteiger partial charge < -0.3 is 10.1 Å². The number of nitrogens with one attached hydrogen (secondary N) is 1. The van der Waals surface area contributed by atoms with Gasteiger partial charge in [-0.05, 0) is 24.6 Å². The summed E-state index contributed by atoms with van der Waals surface area (Å²) in [5, 5.41) is 4.03. The van der Waals surface area contributed by atoms with E-state index in [1.807, 2.05) is 29.9 Å². The van der Waals surface area contributed by atoms with E-state index in [1.165, 1.54) is 4.88 Å². The normalized spacial score (nSPS) is 10.3. The molecule has 96 valence electrons. The molecule has 0 saturated carbocycles. The van der Waals surface area contributed by atoms with Gasteiger partial charge in [0.1, 0.15) is 5.75 Å². The Labute approximate surface area is 116 Å². The Morgan fingerprint density at radius 3 is 3.06 bits per heavy atom. The van der Waals surface area contributed by atoms with Gasteiger partial charge in [-0.25, -0.2) is 0 Å². The molecule has 0 spiro atoms. The SMILES string of the molecule is CCCOc1ccc(Cl)cc1NCc1cncs1. The van der Waals surface area contributed by atoms with E-state index in [1.54, 1.807) is 11.3 Å². The zero-order valence-corrected chi connectivity index (χ0v) is 11.7. The summed E-state index contributed by atoms with van der Waals surface area (Å²) in [4.78, 5) is 5.22. The summed E-state index contributed by atoms with van der Waals surface area (Å²) in [5.74, 6) is 0.839. The van der Waals surface area contributed by atoms with E-state index >= 15 is 0 Å². The maximum atomic E-state index is 6.01. The number of benzene rings is 1. The number of aromatic nitrogens is 1. The zero-order chi connectivity index (χ0) is 12.8. The van der Waals surface area contributed by atoms with Gasteiger partial charge in [-0.1, -0.05) is 18.5 Å². The van der Waals surface area contributed by atoms with Crippen molar-refractivity contribution >= 4 is 28.6 Å². The summed E-state index contributed by atoms with van der Waals surface area (Å²) in [6.07, 6.45) is 2.84. The monoisotopic (exact) mass is 282 g/mol. The summed E-state index contributed by atoms with van der Waals surface area (Å²) in [5.41, 5.74) is 2.74. The van der Waals surface area contributed by atoms with Crippen LogP contribution in [0.25, 0.3) is 0 Å². The van der Waals surface area contributed by atoms with Crippen molar-refractivity contribution in [1.82, 2.24) is 4.98 Å². The van der Waals surface area contributed by atoms with Crippen LogP contribution in [-0.4, -0.2) is 11.6 Å². The molecule has 0 saturated heterocycles. The molecule has 0 radical (unpaired) electrons. The van der Waals surface area contributed by atoms with Crippen LogP contribution in [0.3, 0.4) is 0 Å². The quantitative estimate of drug-likeness (QED) is 0.862. The van der Waals surface area contributed by atoms with Crippen LogP contribution in [0, 0.1) is 0 Å². The molecule has 0 bridgehead atoms. The van der Waals surface area contributed by atoms with E-state index in [2.05, 4.69) is 17.2 Å². The first kappa shape index (κ1) is 13.2. The highest BCUT2D eigenvalue weighted by atomic mass is 35.5. The van der Waals surface area contributed by atoms with Gasteiger partial charge >= 0.3 is 0 Å². The maximum Gasteiger partial charge on any atom is 0.142 e. The van der Waals surface area contributed by atoms with Gasteiger partial charge in [0.05, 0.1) is 24.3 Å². The van der Waals surface area contributed by atoms with Crippen molar-refractivity contribution in [2.45, 2.75) is 19.9 Å². The first-order chi connectivity index (χ1) is 8.79. The second-order valence-corrected chi connectivity index (χ2v) is 5.22. The fourth-order valence-corrected chi connectivity index (χ4v) is 2.20. The largest absolute Gasteiger partial charge is 0.491 e. The lowest BCUT2D eigenvalue weighted by Gasteiger charge is -2.12. The minimum Gasteiger partial charge on any atom is -0.491 e. The highest BCUT2D eigenvalue weighted by molar-refractivity contribution is 7.09. The molecule has 0 aliphatic heterocycles. The van der Waals surface area contributed by atoms with E-state index in [-0.39, 0.29) is 0 Å². The molecule has 2 rings (SSSR count).